The van der Waals surface area contributed by atoms with E-state index in [9.17, 15) is 0 Å². The van der Waals surface area contributed by atoms with Gasteiger partial charge in [-0.15, -0.1) is 0 Å². The van der Waals surface area contributed by atoms with Gasteiger partial charge in [-0.3, -0.25) is 0 Å². The Bertz CT molecular complexity index is 613. The summed E-state index contributed by atoms with van der Waals surface area (Å²) in [5.74, 6) is 2.16. The van der Waals surface area contributed by atoms with Gasteiger partial charge in [0.05, 0.1) is 0 Å². The molecule has 0 saturated carbocycles. The van der Waals surface area contributed by atoms with Crippen LogP contribution >= 0.6 is 0 Å². The number of nitrogens with zero attached hydrogens (tertiary/aromatic N) is 1. The number of rotatable bonds is 5. The van der Waals surface area contributed by atoms with Crippen LogP contribution in [0.4, 0.5) is 0 Å². The fourth-order valence-electron chi connectivity index (χ4n) is 2.09. The third kappa shape index (κ3) is 3.08. The average Bonchev–Trinajstić information content (AvgIpc) is 3.00. The summed E-state index contributed by atoms with van der Waals surface area (Å²) in [4.78, 5) is 4.32. The highest BCUT2D eigenvalue weighted by atomic mass is 16.7. The van der Waals surface area contributed by atoms with Crippen LogP contribution in [0.5, 0.6) is 17.4 Å². The Balaban J connectivity index is 1.62. The Morgan fingerprint density at radius 3 is 2.86 bits per heavy atom. The zero-order valence-corrected chi connectivity index (χ0v) is 12.1. The smallest absolute Gasteiger partial charge is 0.231 e. The molecule has 1 unspecified atom stereocenters. The molecule has 5 nitrogen and oxygen atoms in total. The van der Waals surface area contributed by atoms with Crippen molar-refractivity contribution >= 4 is 0 Å². The molecule has 2 heterocycles. The molecule has 0 radical (unpaired) electrons. The van der Waals surface area contributed by atoms with Gasteiger partial charge in [0.2, 0.25) is 12.7 Å². The zero-order chi connectivity index (χ0) is 14.7. The van der Waals surface area contributed by atoms with Gasteiger partial charge in [0, 0.05) is 18.3 Å². The van der Waals surface area contributed by atoms with Crippen LogP contribution in [0.25, 0.3) is 0 Å². The van der Waals surface area contributed by atoms with Gasteiger partial charge in [-0.25, -0.2) is 4.98 Å². The number of hydrogen-bond donors (Lipinski definition) is 1. The fourth-order valence-corrected chi connectivity index (χ4v) is 2.09. The summed E-state index contributed by atoms with van der Waals surface area (Å²) in [5.41, 5.74) is 2.15. The Kier molecular flexibility index (Phi) is 3.92. The second-order valence-electron chi connectivity index (χ2n) is 4.92. The molecule has 0 aliphatic carbocycles. The van der Waals surface area contributed by atoms with Crippen molar-refractivity contribution in [1.82, 2.24) is 10.3 Å². The van der Waals surface area contributed by atoms with Gasteiger partial charge in [-0.1, -0.05) is 12.1 Å². The lowest BCUT2D eigenvalue weighted by atomic mass is 10.1. The predicted octanol–water partition coefficient (Wildman–Crippen LogP) is 2.67. The largest absolute Gasteiger partial charge is 0.473 e. The molecule has 1 aromatic carbocycles. The second-order valence-corrected chi connectivity index (χ2v) is 4.92. The molecule has 1 atom stereocenters. The van der Waals surface area contributed by atoms with Crippen LogP contribution in [-0.2, 0) is 6.61 Å². The minimum absolute atomic E-state index is 0.278. The van der Waals surface area contributed by atoms with Crippen LogP contribution < -0.4 is 19.5 Å². The quantitative estimate of drug-likeness (QED) is 0.915. The predicted molar refractivity (Wildman–Crippen MR) is 78.6 cm³/mol. The molecule has 110 valence electrons. The van der Waals surface area contributed by atoms with Crippen LogP contribution in [0.2, 0.25) is 0 Å². The number of aromatic nitrogens is 1. The molecule has 2 aromatic rings. The summed E-state index contributed by atoms with van der Waals surface area (Å²) in [6.45, 7) is 2.82. The topological polar surface area (TPSA) is 52.6 Å². The van der Waals surface area contributed by atoms with E-state index in [1.54, 1.807) is 0 Å². The normalized spacial score (nSPS) is 14.0. The van der Waals surface area contributed by atoms with E-state index in [0.29, 0.717) is 12.5 Å². The van der Waals surface area contributed by atoms with Crippen molar-refractivity contribution in [2.24, 2.45) is 0 Å². The van der Waals surface area contributed by atoms with E-state index in [4.69, 9.17) is 14.2 Å². The van der Waals surface area contributed by atoms with Gasteiger partial charge in [0.15, 0.2) is 11.5 Å². The summed E-state index contributed by atoms with van der Waals surface area (Å²) in [6, 6.07) is 9.97. The first-order valence-corrected chi connectivity index (χ1v) is 6.91. The van der Waals surface area contributed by atoms with Crippen molar-refractivity contribution in [2.45, 2.75) is 19.6 Å². The third-order valence-electron chi connectivity index (χ3n) is 3.52. The van der Waals surface area contributed by atoms with E-state index in [2.05, 4.69) is 17.2 Å². The first-order valence-electron chi connectivity index (χ1n) is 6.91. The highest BCUT2D eigenvalue weighted by Gasteiger charge is 2.13. The summed E-state index contributed by atoms with van der Waals surface area (Å²) in [7, 11) is 1.93. The van der Waals surface area contributed by atoms with E-state index in [-0.39, 0.29) is 12.8 Å². The summed E-state index contributed by atoms with van der Waals surface area (Å²) in [5, 5.41) is 3.18. The standard InChI is InChI=1S/C16H18N2O3/c1-11(17-2)13-4-6-16(18-8-13)19-9-12-3-5-14-15(7-12)21-10-20-14/h3-8,11,17H,9-10H2,1-2H3. The maximum atomic E-state index is 5.69. The molecular formula is C16H18N2O3. The molecule has 1 N–H and O–H groups in total. The molecule has 21 heavy (non-hydrogen) atoms. The number of hydrogen-bond acceptors (Lipinski definition) is 5. The van der Waals surface area contributed by atoms with Crippen molar-refractivity contribution in [2.75, 3.05) is 13.8 Å². The summed E-state index contributed by atoms with van der Waals surface area (Å²) in [6.07, 6.45) is 1.83. The minimum atomic E-state index is 0.278. The Morgan fingerprint density at radius 1 is 1.24 bits per heavy atom. The van der Waals surface area contributed by atoms with E-state index in [1.807, 2.05) is 43.6 Å². The molecular weight excluding hydrogens is 268 g/mol. The Labute approximate surface area is 123 Å². The van der Waals surface area contributed by atoms with Gasteiger partial charge in [0.25, 0.3) is 0 Å². The molecule has 5 heteroatoms. The molecule has 3 rings (SSSR count). The molecule has 0 amide bonds. The van der Waals surface area contributed by atoms with Crippen LogP contribution in [-0.4, -0.2) is 18.8 Å². The Hall–Kier alpha value is -2.27. The lowest BCUT2D eigenvalue weighted by molar-refractivity contribution is 0.174. The first-order chi connectivity index (χ1) is 10.3. The molecule has 0 bridgehead atoms. The van der Waals surface area contributed by atoms with Gasteiger partial charge >= 0.3 is 0 Å². The maximum absolute atomic E-state index is 5.69. The third-order valence-corrected chi connectivity index (χ3v) is 3.52. The SMILES string of the molecule is CNC(C)c1ccc(OCc2ccc3c(c2)OCO3)nc1. The van der Waals surface area contributed by atoms with E-state index in [1.165, 1.54) is 0 Å². The highest BCUT2D eigenvalue weighted by Crippen LogP contribution is 2.32. The highest BCUT2D eigenvalue weighted by molar-refractivity contribution is 5.44. The average molecular weight is 286 g/mol. The summed E-state index contributed by atoms with van der Waals surface area (Å²) < 4.78 is 16.3. The van der Waals surface area contributed by atoms with Crippen LogP contribution in [0.15, 0.2) is 36.5 Å². The van der Waals surface area contributed by atoms with Crippen LogP contribution in [0.3, 0.4) is 0 Å². The first kappa shape index (κ1) is 13.7. The van der Waals surface area contributed by atoms with Gasteiger partial charge in [-0.2, -0.15) is 0 Å². The van der Waals surface area contributed by atoms with E-state index >= 15 is 0 Å². The number of nitrogens with one attached hydrogen (secondary N) is 1. The maximum Gasteiger partial charge on any atom is 0.231 e. The molecule has 1 aromatic heterocycles. The van der Waals surface area contributed by atoms with Gasteiger partial charge < -0.3 is 19.5 Å². The molecule has 0 saturated heterocycles. The summed E-state index contributed by atoms with van der Waals surface area (Å²) >= 11 is 0. The number of pyridine rings is 1. The lowest BCUT2D eigenvalue weighted by Crippen LogP contribution is -2.12. The zero-order valence-electron chi connectivity index (χ0n) is 12.1. The van der Waals surface area contributed by atoms with Crippen LogP contribution in [0.1, 0.15) is 24.1 Å². The molecule has 0 fully saturated rings. The monoisotopic (exact) mass is 286 g/mol. The van der Waals surface area contributed by atoms with E-state index in [0.717, 1.165) is 22.6 Å². The van der Waals surface area contributed by atoms with Crippen molar-refractivity contribution < 1.29 is 14.2 Å². The fraction of sp³-hybridized carbons (Fsp3) is 0.312. The minimum Gasteiger partial charge on any atom is -0.473 e. The van der Waals surface area contributed by atoms with Gasteiger partial charge in [-0.05, 0) is 37.2 Å². The number of benzene rings is 1. The lowest BCUT2D eigenvalue weighted by Gasteiger charge is -2.11. The number of fused-ring (bicyclic) bond motifs is 1. The van der Waals surface area contributed by atoms with Gasteiger partial charge in [0.1, 0.15) is 6.61 Å². The van der Waals surface area contributed by atoms with Crippen molar-refractivity contribution in [3.05, 3.63) is 47.7 Å². The second kappa shape index (κ2) is 6.01. The van der Waals surface area contributed by atoms with Crippen molar-refractivity contribution in [3.8, 4) is 17.4 Å². The number of ether oxygens (including phenoxy) is 3. The van der Waals surface area contributed by atoms with Crippen molar-refractivity contribution in [3.63, 3.8) is 0 Å². The molecule has 1 aliphatic rings. The molecule has 0 spiro atoms. The molecule has 1 aliphatic heterocycles. The van der Waals surface area contributed by atoms with Crippen LogP contribution in [0, 0.1) is 0 Å². The van der Waals surface area contributed by atoms with E-state index < -0.39 is 0 Å². The van der Waals surface area contributed by atoms with Crippen molar-refractivity contribution in [1.29, 1.82) is 0 Å². The Morgan fingerprint density at radius 2 is 2.10 bits per heavy atom.